The lowest BCUT2D eigenvalue weighted by Crippen LogP contribution is -2.45. The van der Waals surface area contributed by atoms with E-state index in [-0.39, 0.29) is 6.10 Å². The number of aliphatic hydroxyl groups excluding tert-OH is 1. The van der Waals surface area contributed by atoms with Crippen LogP contribution in [-0.2, 0) is 0 Å². The number of piperidine rings is 1. The number of aliphatic hydroxyl groups is 1. The maximum absolute atomic E-state index is 9.90. The Kier molecular flexibility index (Phi) is 4.20. The molecular formula is C11H23NO. The molecule has 13 heavy (non-hydrogen) atoms. The van der Waals surface area contributed by atoms with E-state index >= 15 is 0 Å². The molecule has 0 amide bonds. The van der Waals surface area contributed by atoms with E-state index in [9.17, 15) is 5.11 Å². The topological polar surface area (TPSA) is 32.3 Å². The molecule has 1 rings (SSSR count). The Balaban J connectivity index is 2.32. The van der Waals surface area contributed by atoms with Crippen molar-refractivity contribution in [1.82, 2.24) is 5.32 Å². The van der Waals surface area contributed by atoms with Gasteiger partial charge in [0.15, 0.2) is 0 Å². The van der Waals surface area contributed by atoms with Crippen LogP contribution in [0.1, 0.15) is 40.0 Å². The Morgan fingerprint density at radius 2 is 2.15 bits per heavy atom. The number of hydrogen-bond acceptors (Lipinski definition) is 2. The highest BCUT2D eigenvalue weighted by atomic mass is 16.3. The van der Waals surface area contributed by atoms with Crippen LogP contribution in [0.4, 0.5) is 0 Å². The Morgan fingerprint density at radius 3 is 2.69 bits per heavy atom. The maximum Gasteiger partial charge on any atom is 0.0695 e. The Labute approximate surface area is 81.7 Å². The highest BCUT2D eigenvalue weighted by molar-refractivity contribution is 4.82. The lowest BCUT2D eigenvalue weighted by Gasteiger charge is -2.32. The molecule has 1 heterocycles. The molecule has 1 aliphatic heterocycles. The summed E-state index contributed by atoms with van der Waals surface area (Å²) < 4.78 is 0. The average Bonchev–Trinajstić information content (AvgIpc) is 2.03. The van der Waals surface area contributed by atoms with Crippen LogP contribution in [0.25, 0.3) is 0 Å². The summed E-state index contributed by atoms with van der Waals surface area (Å²) >= 11 is 0. The molecule has 0 aromatic heterocycles. The highest BCUT2D eigenvalue weighted by Crippen LogP contribution is 2.20. The first-order valence-electron chi connectivity index (χ1n) is 5.51. The zero-order valence-corrected chi connectivity index (χ0v) is 9.09. The van der Waals surface area contributed by atoms with Crippen molar-refractivity contribution in [2.75, 3.05) is 6.54 Å². The Bertz CT molecular complexity index is 147. The normalized spacial score (nSPS) is 32.1. The molecule has 3 unspecified atom stereocenters. The second-order valence-electron chi connectivity index (χ2n) is 4.89. The monoisotopic (exact) mass is 185 g/mol. The van der Waals surface area contributed by atoms with Gasteiger partial charge in [0.2, 0.25) is 0 Å². The molecule has 1 fully saturated rings. The maximum atomic E-state index is 9.90. The molecule has 0 aromatic carbocycles. The fourth-order valence-corrected chi connectivity index (χ4v) is 2.09. The van der Waals surface area contributed by atoms with Crippen molar-refractivity contribution in [2.45, 2.75) is 52.2 Å². The van der Waals surface area contributed by atoms with Crippen molar-refractivity contribution in [3.05, 3.63) is 0 Å². The predicted molar refractivity (Wildman–Crippen MR) is 55.7 cm³/mol. The van der Waals surface area contributed by atoms with Gasteiger partial charge in [-0.05, 0) is 37.6 Å². The number of nitrogens with one attached hydrogen (secondary N) is 1. The summed E-state index contributed by atoms with van der Waals surface area (Å²) in [4.78, 5) is 0. The molecule has 0 aliphatic carbocycles. The van der Waals surface area contributed by atoms with Crippen molar-refractivity contribution in [1.29, 1.82) is 0 Å². The molecule has 0 aromatic rings. The lowest BCUT2D eigenvalue weighted by molar-refractivity contribution is 0.0827. The van der Waals surface area contributed by atoms with Gasteiger partial charge in [-0.3, -0.25) is 0 Å². The highest BCUT2D eigenvalue weighted by Gasteiger charge is 2.24. The Hall–Kier alpha value is -0.0800. The molecular weight excluding hydrogens is 162 g/mol. The van der Waals surface area contributed by atoms with Gasteiger partial charge in [-0.25, -0.2) is 0 Å². The van der Waals surface area contributed by atoms with Crippen LogP contribution in [0.15, 0.2) is 0 Å². The fourth-order valence-electron chi connectivity index (χ4n) is 2.09. The number of hydrogen-bond donors (Lipinski definition) is 2. The number of rotatable bonds is 3. The van der Waals surface area contributed by atoms with Crippen LogP contribution >= 0.6 is 0 Å². The molecule has 2 N–H and O–H groups in total. The van der Waals surface area contributed by atoms with Gasteiger partial charge >= 0.3 is 0 Å². The van der Waals surface area contributed by atoms with E-state index in [0.29, 0.717) is 12.0 Å². The molecule has 78 valence electrons. The van der Waals surface area contributed by atoms with E-state index in [0.717, 1.165) is 25.3 Å². The standard InChI is InChI=1S/C11H23NO/c1-8(2)6-11(13)10-7-9(3)4-5-12-10/h8-13H,4-7H2,1-3H3. The van der Waals surface area contributed by atoms with E-state index in [2.05, 4.69) is 26.1 Å². The van der Waals surface area contributed by atoms with Crippen LogP contribution in [0.3, 0.4) is 0 Å². The van der Waals surface area contributed by atoms with E-state index in [1.165, 1.54) is 6.42 Å². The molecule has 1 aliphatic rings. The largest absolute Gasteiger partial charge is 0.391 e. The summed E-state index contributed by atoms with van der Waals surface area (Å²) in [6, 6.07) is 0.339. The van der Waals surface area contributed by atoms with Crippen LogP contribution in [0.5, 0.6) is 0 Å². The average molecular weight is 185 g/mol. The third kappa shape index (κ3) is 3.65. The third-order valence-corrected chi connectivity index (χ3v) is 2.88. The molecule has 0 saturated carbocycles. The van der Waals surface area contributed by atoms with Gasteiger partial charge in [0.05, 0.1) is 6.10 Å². The molecule has 0 radical (unpaired) electrons. The van der Waals surface area contributed by atoms with Crippen LogP contribution < -0.4 is 5.32 Å². The first-order valence-corrected chi connectivity index (χ1v) is 5.51. The predicted octanol–water partition coefficient (Wildman–Crippen LogP) is 1.78. The summed E-state index contributed by atoms with van der Waals surface area (Å²) in [5, 5.41) is 13.3. The second kappa shape index (κ2) is 4.97. The molecule has 1 saturated heterocycles. The molecule has 2 nitrogen and oxygen atoms in total. The van der Waals surface area contributed by atoms with E-state index in [1.807, 2.05) is 0 Å². The smallest absolute Gasteiger partial charge is 0.0695 e. The third-order valence-electron chi connectivity index (χ3n) is 2.88. The minimum atomic E-state index is -0.150. The van der Waals surface area contributed by atoms with Gasteiger partial charge in [-0.2, -0.15) is 0 Å². The van der Waals surface area contributed by atoms with Crippen molar-refractivity contribution in [3.8, 4) is 0 Å². The van der Waals surface area contributed by atoms with E-state index in [1.54, 1.807) is 0 Å². The van der Waals surface area contributed by atoms with E-state index in [4.69, 9.17) is 0 Å². The summed E-state index contributed by atoms with van der Waals surface area (Å²) in [6.45, 7) is 7.67. The summed E-state index contributed by atoms with van der Waals surface area (Å²) in [5.74, 6) is 1.36. The van der Waals surface area contributed by atoms with Gasteiger partial charge < -0.3 is 10.4 Å². The second-order valence-corrected chi connectivity index (χ2v) is 4.89. The molecule has 2 heteroatoms. The summed E-state index contributed by atoms with van der Waals surface area (Å²) in [6.07, 6.45) is 3.16. The first-order chi connectivity index (χ1) is 6.09. The van der Waals surface area contributed by atoms with Gasteiger partial charge in [0, 0.05) is 6.04 Å². The molecule has 3 atom stereocenters. The summed E-state index contributed by atoms with van der Waals surface area (Å²) in [7, 11) is 0. The van der Waals surface area contributed by atoms with E-state index < -0.39 is 0 Å². The van der Waals surface area contributed by atoms with Crippen LogP contribution in [0, 0.1) is 11.8 Å². The Morgan fingerprint density at radius 1 is 1.46 bits per heavy atom. The van der Waals surface area contributed by atoms with Crippen molar-refractivity contribution in [2.24, 2.45) is 11.8 Å². The van der Waals surface area contributed by atoms with Gasteiger partial charge in [-0.15, -0.1) is 0 Å². The van der Waals surface area contributed by atoms with Crippen LogP contribution in [0.2, 0.25) is 0 Å². The SMILES string of the molecule is CC(C)CC(O)C1CC(C)CCN1. The molecule has 0 bridgehead atoms. The van der Waals surface area contributed by atoms with Crippen LogP contribution in [-0.4, -0.2) is 23.8 Å². The molecule has 0 spiro atoms. The zero-order chi connectivity index (χ0) is 9.84. The zero-order valence-electron chi connectivity index (χ0n) is 9.09. The lowest BCUT2D eigenvalue weighted by atomic mass is 9.88. The quantitative estimate of drug-likeness (QED) is 0.702. The minimum absolute atomic E-state index is 0.150. The van der Waals surface area contributed by atoms with Crippen molar-refractivity contribution < 1.29 is 5.11 Å². The van der Waals surface area contributed by atoms with Gasteiger partial charge in [0.1, 0.15) is 0 Å². The first kappa shape index (κ1) is 11.0. The van der Waals surface area contributed by atoms with Crippen molar-refractivity contribution in [3.63, 3.8) is 0 Å². The summed E-state index contributed by atoms with van der Waals surface area (Å²) in [5.41, 5.74) is 0. The van der Waals surface area contributed by atoms with Gasteiger partial charge in [-0.1, -0.05) is 20.8 Å². The van der Waals surface area contributed by atoms with Gasteiger partial charge in [0.25, 0.3) is 0 Å². The fraction of sp³-hybridized carbons (Fsp3) is 1.00. The van der Waals surface area contributed by atoms with Crippen molar-refractivity contribution >= 4 is 0 Å². The minimum Gasteiger partial charge on any atom is -0.391 e.